The van der Waals surface area contributed by atoms with Crippen LogP contribution in [0.3, 0.4) is 0 Å². The highest BCUT2D eigenvalue weighted by Crippen LogP contribution is 2.29. The SMILES string of the molecule is CC(C)c1nc(SCc2ccccc2Cl)c2c(=O)n(C)c(=O)n(C)c2n1. The lowest BCUT2D eigenvalue weighted by Gasteiger charge is -2.13. The second-order valence-electron chi connectivity index (χ2n) is 6.33. The number of hydrogen-bond donors (Lipinski definition) is 0. The summed E-state index contributed by atoms with van der Waals surface area (Å²) in [5, 5.41) is 1.59. The van der Waals surface area contributed by atoms with Gasteiger partial charge in [0, 0.05) is 30.8 Å². The van der Waals surface area contributed by atoms with Gasteiger partial charge in [0.25, 0.3) is 5.56 Å². The Morgan fingerprint density at radius 1 is 1.12 bits per heavy atom. The van der Waals surface area contributed by atoms with Crippen molar-refractivity contribution in [3.8, 4) is 0 Å². The Hall–Kier alpha value is -2.12. The van der Waals surface area contributed by atoms with E-state index in [9.17, 15) is 9.59 Å². The van der Waals surface area contributed by atoms with E-state index in [-0.39, 0.29) is 11.5 Å². The topological polar surface area (TPSA) is 69.8 Å². The van der Waals surface area contributed by atoms with Gasteiger partial charge in [-0.25, -0.2) is 14.8 Å². The minimum Gasteiger partial charge on any atom is -0.280 e. The van der Waals surface area contributed by atoms with Crippen LogP contribution in [0.4, 0.5) is 0 Å². The van der Waals surface area contributed by atoms with Crippen molar-refractivity contribution in [2.45, 2.75) is 30.5 Å². The molecule has 0 aliphatic heterocycles. The highest BCUT2D eigenvalue weighted by Gasteiger charge is 2.18. The van der Waals surface area contributed by atoms with Gasteiger partial charge in [-0.3, -0.25) is 13.9 Å². The van der Waals surface area contributed by atoms with Crippen molar-refractivity contribution in [1.29, 1.82) is 0 Å². The van der Waals surface area contributed by atoms with Crippen LogP contribution in [-0.4, -0.2) is 19.1 Å². The fourth-order valence-corrected chi connectivity index (χ4v) is 3.88. The van der Waals surface area contributed by atoms with Crippen LogP contribution in [0.2, 0.25) is 5.02 Å². The maximum Gasteiger partial charge on any atom is 0.332 e. The number of aryl methyl sites for hydroxylation is 1. The van der Waals surface area contributed by atoms with Gasteiger partial charge in [-0.1, -0.05) is 43.6 Å². The minimum atomic E-state index is -0.405. The van der Waals surface area contributed by atoms with Crippen molar-refractivity contribution in [3.63, 3.8) is 0 Å². The number of nitrogens with zero attached hydrogens (tertiary/aromatic N) is 4. The van der Waals surface area contributed by atoms with Crippen molar-refractivity contribution in [1.82, 2.24) is 19.1 Å². The molecule has 0 saturated carbocycles. The Labute approximate surface area is 159 Å². The largest absolute Gasteiger partial charge is 0.332 e. The molecular formula is C18H19ClN4O2S. The smallest absolute Gasteiger partial charge is 0.280 e. The Morgan fingerprint density at radius 3 is 2.46 bits per heavy atom. The molecule has 0 fully saturated rings. The van der Waals surface area contributed by atoms with Gasteiger partial charge in [0.1, 0.15) is 16.2 Å². The number of aromatic nitrogens is 4. The zero-order chi connectivity index (χ0) is 19.0. The number of fused-ring (bicyclic) bond motifs is 1. The van der Waals surface area contributed by atoms with E-state index in [1.54, 1.807) is 7.05 Å². The second-order valence-corrected chi connectivity index (χ2v) is 7.70. The first-order chi connectivity index (χ1) is 12.3. The molecular weight excluding hydrogens is 372 g/mol. The maximum absolute atomic E-state index is 12.7. The Morgan fingerprint density at radius 2 is 1.81 bits per heavy atom. The van der Waals surface area contributed by atoms with E-state index in [0.717, 1.165) is 10.1 Å². The van der Waals surface area contributed by atoms with E-state index in [0.29, 0.717) is 32.7 Å². The first-order valence-electron chi connectivity index (χ1n) is 8.15. The fourth-order valence-electron chi connectivity index (χ4n) is 2.57. The summed E-state index contributed by atoms with van der Waals surface area (Å²) in [6, 6.07) is 7.56. The molecule has 0 spiro atoms. The molecule has 0 aliphatic carbocycles. The molecule has 0 amide bonds. The van der Waals surface area contributed by atoms with Gasteiger partial charge >= 0.3 is 5.69 Å². The predicted octanol–water partition coefficient (Wildman–Crippen LogP) is 3.10. The molecule has 0 bridgehead atoms. The third-order valence-corrected chi connectivity index (χ3v) is 5.52. The summed E-state index contributed by atoms with van der Waals surface area (Å²) < 4.78 is 2.48. The molecule has 0 unspecified atom stereocenters. The van der Waals surface area contributed by atoms with Crippen LogP contribution < -0.4 is 11.2 Å². The number of rotatable bonds is 4. The van der Waals surface area contributed by atoms with E-state index in [2.05, 4.69) is 9.97 Å². The summed E-state index contributed by atoms with van der Waals surface area (Å²) in [6.07, 6.45) is 0. The van der Waals surface area contributed by atoms with E-state index in [1.807, 2.05) is 38.1 Å². The van der Waals surface area contributed by atoms with Gasteiger partial charge in [-0.15, -0.1) is 11.8 Å². The number of hydrogen-bond acceptors (Lipinski definition) is 5. The Bertz CT molecular complexity index is 1100. The summed E-state index contributed by atoms with van der Waals surface area (Å²) in [4.78, 5) is 34.0. The quantitative estimate of drug-likeness (QED) is 0.505. The van der Waals surface area contributed by atoms with E-state index in [1.165, 1.54) is 23.4 Å². The van der Waals surface area contributed by atoms with Crippen LogP contribution >= 0.6 is 23.4 Å². The second kappa shape index (κ2) is 7.25. The van der Waals surface area contributed by atoms with Crippen molar-refractivity contribution < 1.29 is 0 Å². The third kappa shape index (κ3) is 3.29. The summed E-state index contributed by atoms with van der Waals surface area (Å²) >= 11 is 7.66. The van der Waals surface area contributed by atoms with Gasteiger partial charge in [-0.05, 0) is 11.6 Å². The van der Waals surface area contributed by atoms with Crippen molar-refractivity contribution >= 4 is 34.4 Å². The lowest BCUT2D eigenvalue weighted by atomic mass is 10.2. The molecule has 3 rings (SSSR count). The Kier molecular flexibility index (Phi) is 5.20. The van der Waals surface area contributed by atoms with E-state index >= 15 is 0 Å². The van der Waals surface area contributed by atoms with E-state index in [4.69, 9.17) is 11.6 Å². The molecule has 26 heavy (non-hydrogen) atoms. The minimum absolute atomic E-state index is 0.0678. The maximum atomic E-state index is 12.7. The predicted molar refractivity (Wildman–Crippen MR) is 105 cm³/mol. The zero-order valence-corrected chi connectivity index (χ0v) is 16.6. The van der Waals surface area contributed by atoms with Crippen molar-refractivity contribution in [2.24, 2.45) is 14.1 Å². The van der Waals surface area contributed by atoms with Crippen LogP contribution in [0.25, 0.3) is 11.0 Å². The monoisotopic (exact) mass is 390 g/mol. The molecule has 6 nitrogen and oxygen atoms in total. The lowest BCUT2D eigenvalue weighted by Crippen LogP contribution is -2.37. The van der Waals surface area contributed by atoms with Gasteiger partial charge < -0.3 is 0 Å². The molecule has 136 valence electrons. The first kappa shape index (κ1) is 18.7. The molecule has 0 saturated heterocycles. The van der Waals surface area contributed by atoms with Crippen LogP contribution in [-0.2, 0) is 19.8 Å². The number of benzene rings is 1. The van der Waals surface area contributed by atoms with Gasteiger partial charge in [0.05, 0.1) is 0 Å². The lowest BCUT2D eigenvalue weighted by molar-refractivity contribution is 0.689. The molecule has 2 aromatic heterocycles. The third-order valence-electron chi connectivity index (χ3n) is 4.12. The Balaban J connectivity index is 2.21. The molecule has 2 heterocycles. The number of halogens is 1. The highest BCUT2D eigenvalue weighted by molar-refractivity contribution is 7.98. The first-order valence-corrected chi connectivity index (χ1v) is 9.51. The van der Waals surface area contributed by atoms with Gasteiger partial charge in [0.2, 0.25) is 0 Å². The van der Waals surface area contributed by atoms with Gasteiger partial charge in [0.15, 0.2) is 5.65 Å². The summed E-state index contributed by atoms with van der Waals surface area (Å²) in [5.41, 5.74) is 0.523. The van der Waals surface area contributed by atoms with Crippen LogP contribution in [0.1, 0.15) is 31.2 Å². The normalized spacial score (nSPS) is 11.5. The molecule has 0 atom stereocenters. The standard InChI is InChI=1S/C18H19ClN4O2S/c1-10(2)14-20-15-13(17(24)23(4)18(25)22(15)3)16(21-14)26-9-11-7-5-6-8-12(11)19/h5-8,10H,9H2,1-4H3. The molecule has 0 radical (unpaired) electrons. The van der Waals surface area contributed by atoms with Crippen LogP contribution in [0, 0.1) is 0 Å². The number of thioether (sulfide) groups is 1. The zero-order valence-electron chi connectivity index (χ0n) is 15.0. The molecule has 3 aromatic rings. The van der Waals surface area contributed by atoms with Crippen LogP contribution in [0.15, 0.2) is 38.9 Å². The fraction of sp³-hybridized carbons (Fsp3) is 0.333. The van der Waals surface area contributed by atoms with Crippen LogP contribution in [0.5, 0.6) is 0 Å². The molecule has 8 heteroatoms. The van der Waals surface area contributed by atoms with E-state index < -0.39 is 5.69 Å². The molecule has 0 N–H and O–H groups in total. The molecule has 0 aliphatic rings. The molecule has 1 aromatic carbocycles. The highest BCUT2D eigenvalue weighted by atomic mass is 35.5. The summed E-state index contributed by atoms with van der Waals surface area (Å²) in [6.45, 7) is 3.95. The average Bonchev–Trinajstić information content (AvgIpc) is 2.63. The average molecular weight is 391 g/mol. The van der Waals surface area contributed by atoms with Crippen molar-refractivity contribution in [3.05, 3.63) is 61.5 Å². The van der Waals surface area contributed by atoms with Gasteiger partial charge in [-0.2, -0.15) is 0 Å². The summed E-state index contributed by atoms with van der Waals surface area (Å²) in [7, 11) is 3.08. The van der Waals surface area contributed by atoms with Crippen molar-refractivity contribution in [2.75, 3.05) is 0 Å². The summed E-state index contributed by atoms with van der Waals surface area (Å²) in [5.74, 6) is 1.23.